The fourth-order valence-corrected chi connectivity index (χ4v) is 4.32. The highest BCUT2D eigenvalue weighted by molar-refractivity contribution is 5.89. The summed E-state index contributed by atoms with van der Waals surface area (Å²) >= 11 is 0. The van der Waals surface area contributed by atoms with Crippen molar-refractivity contribution < 1.29 is 13.9 Å². The van der Waals surface area contributed by atoms with Crippen molar-refractivity contribution in [3.63, 3.8) is 0 Å². The van der Waals surface area contributed by atoms with E-state index in [4.69, 9.17) is 9.47 Å². The van der Waals surface area contributed by atoms with E-state index in [1.54, 1.807) is 6.07 Å². The van der Waals surface area contributed by atoms with Crippen LogP contribution in [0.2, 0.25) is 0 Å². The van der Waals surface area contributed by atoms with Crippen LogP contribution >= 0.6 is 0 Å². The number of para-hydroxylation sites is 1. The molecule has 3 nitrogen and oxygen atoms in total. The van der Waals surface area contributed by atoms with Gasteiger partial charge in [0.2, 0.25) is 0 Å². The van der Waals surface area contributed by atoms with Crippen molar-refractivity contribution in [2.24, 2.45) is 0 Å². The highest BCUT2D eigenvalue weighted by atomic mass is 19.1. The zero-order valence-corrected chi connectivity index (χ0v) is 16.6. The van der Waals surface area contributed by atoms with E-state index >= 15 is 0 Å². The van der Waals surface area contributed by atoms with Gasteiger partial charge >= 0.3 is 0 Å². The second-order valence-electron chi connectivity index (χ2n) is 8.14. The fourth-order valence-electron chi connectivity index (χ4n) is 4.32. The highest BCUT2D eigenvalue weighted by Crippen LogP contribution is 2.49. The fraction of sp³-hybridized carbons (Fsp3) is 0.200. The third kappa shape index (κ3) is 3.05. The zero-order valence-electron chi connectivity index (χ0n) is 16.6. The normalized spacial score (nSPS) is 18.3. The van der Waals surface area contributed by atoms with Gasteiger partial charge in [-0.3, -0.25) is 0 Å². The van der Waals surface area contributed by atoms with E-state index < -0.39 is 6.29 Å². The first-order valence-electron chi connectivity index (χ1n) is 9.74. The predicted molar refractivity (Wildman–Crippen MR) is 114 cm³/mol. The molecule has 2 aliphatic heterocycles. The molecular weight excluding hydrogens is 365 g/mol. The number of benzene rings is 3. The smallest absolute Gasteiger partial charge is 0.268 e. The Bertz CT molecular complexity index is 1140. The molecule has 0 aromatic heterocycles. The minimum atomic E-state index is -0.633. The topological polar surface area (TPSA) is 30.5 Å². The molecule has 0 amide bonds. The van der Waals surface area contributed by atoms with Crippen molar-refractivity contribution in [3.8, 4) is 22.6 Å². The van der Waals surface area contributed by atoms with Gasteiger partial charge in [-0.2, -0.15) is 0 Å². The molecule has 0 spiro atoms. The standard InChI is InChI=1S/C25H22FNO2/c1-15-14-25(2,3)27-20-11-10-18-19-13-16(26)9-12-21(19)29-24(23(18)22(15)20)28-17-7-5-4-6-8-17/h4-14,24,27H,1-3H3. The lowest BCUT2D eigenvalue weighted by molar-refractivity contribution is 0.00161. The Morgan fingerprint density at radius 1 is 1.00 bits per heavy atom. The second kappa shape index (κ2) is 6.38. The summed E-state index contributed by atoms with van der Waals surface area (Å²) in [5.41, 5.74) is 5.66. The molecule has 1 N–H and O–H groups in total. The van der Waals surface area contributed by atoms with Gasteiger partial charge in [0.25, 0.3) is 6.29 Å². The summed E-state index contributed by atoms with van der Waals surface area (Å²) in [7, 11) is 0. The lowest BCUT2D eigenvalue weighted by Gasteiger charge is -2.36. The Hall–Kier alpha value is -3.27. The molecule has 0 fully saturated rings. The minimum absolute atomic E-state index is 0.152. The van der Waals surface area contributed by atoms with Crippen molar-refractivity contribution in [3.05, 3.63) is 83.7 Å². The van der Waals surface area contributed by atoms with Crippen LogP contribution in [-0.2, 0) is 0 Å². The Labute approximate surface area is 169 Å². The van der Waals surface area contributed by atoms with Gasteiger partial charge in [0.1, 0.15) is 17.3 Å². The first-order valence-corrected chi connectivity index (χ1v) is 9.74. The minimum Gasteiger partial charge on any atom is -0.451 e. The van der Waals surface area contributed by atoms with E-state index in [1.807, 2.05) is 36.4 Å². The van der Waals surface area contributed by atoms with Crippen LogP contribution in [0.4, 0.5) is 10.1 Å². The van der Waals surface area contributed by atoms with Gasteiger partial charge in [-0.05, 0) is 68.3 Å². The van der Waals surface area contributed by atoms with Gasteiger partial charge in [-0.25, -0.2) is 4.39 Å². The molecule has 0 bridgehead atoms. The van der Waals surface area contributed by atoms with Crippen LogP contribution in [-0.4, -0.2) is 5.54 Å². The molecule has 29 heavy (non-hydrogen) atoms. The van der Waals surface area contributed by atoms with Gasteiger partial charge in [-0.15, -0.1) is 0 Å². The number of allylic oxidation sites excluding steroid dienone is 1. The second-order valence-corrected chi connectivity index (χ2v) is 8.14. The van der Waals surface area contributed by atoms with Crippen molar-refractivity contribution >= 4 is 11.3 Å². The number of hydrogen-bond acceptors (Lipinski definition) is 3. The van der Waals surface area contributed by atoms with Crippen molar-refractivity contribution in [2.45, 2.75) is 32.6 Å². The molecule has 4 heteroatoms. The zero-order chi connectivity index (χ0) is 20.2. The van der Waals surface area contributed by atoms with Gasteiger partial charge in [0.05, 0.1) is 11.1 Å². The number of rotatable bonds is 2. The monoisotopic (exact) mass is 387 g/mol. The van der Waals surface area contributed by atoms with E-state index in [0.29, 0.717) is 5.75 Å². The first kappa shape index (κ1) is 17.8. The summed E-state index contributed by atoms with van der Waals surface area (Å²) in [5.74, 6) is 1.05. The molecule has 0 radical (unpaired) electrons. The Morgan fingerprint density at radius 3 is 2.59 bits per heavy atom. The summed E-state index contributed by atoms with van der Waals surface area (Å²) in [6.45, 7) is 6.37. The lowest BCUT2D eigenvalue weighted by atomic mass is 9.84. The van der Waals surface area contributed by atoms with E-state index in [-0.39, 0.29) is 11.4 Å². The van der Waals surface area contributed by atoms with E-state index in [1.165, 1.54) is 12.1 Å². The van der Waals surface area contributed by atoms with Crippen LogP contribution in [0.3, 0.4) is 0 Å². The van der Waals surface area contributed by atoms with Crippen LogP contribution < -0.4 is 14.8 Å². The van der Waals surface area contributed by atoms with Crippen LogP contribution in [0, 0.1) is 5.82 Å². The molecule has 3 aromatic rings. The van der Waals surface area contributed by atoms with E-state index in [2.05, 4.69) is 38.2 Å². The summed E-state index contributed by atoms with van der Waals surface area (Å²) in [6, 6.07) is 18.3. The number of hydrogen-bond donors (Lipinski definition) is 1. The maximum Gasteiger partial charge on any atom is 0.268 e. The maximum absolute atomic E-state index is 14.0. The van der Waals surface area contributed by atoms with Gasteiger partial charge in [-0.1, -0.05) is 30.3 Å². The molecule has 3 aromatic carbocycles. The van der Waals surface area contributed by atoms with Gasteiger partial charge in [0.15, 0.2) is 0 Å². The molecule has 0 saturated carbocycles. The number of halogens is 1. The maximum atomic E-state index is 14.0. The van der Waals surface area contributed by atoms with Crippen LogP contribution in [0.5, 0.6) is 11.5 Å². The third-order valence-electron chi connectivity index (χ3n) is 5.36. The molecule has 1 atom stereocenters. The molecular formula is C25H22FNO2. The molecule has 1 unspecified atom stereocenters. The summed E-state index contributed by atoms with van der Waals surface area (Å²) in [5, 5.41) is 3.57. The average molecular weight is 387 g/mol. The molecule has 2 aliphatic rings. The summed E-state index contributed by atoms with van der Waals surface area (Å²) in [6.07, 6.45) is 1.57. The number of anilines is 1. The number of nitrogens with one attached hydrogen (secondary N) is 1. The number of fused-ring (bicyclic) bond motifs is 5. The molecule has 2 heterocycles. The molecule has 5 rings (SSSR count). The Balaban J connectivity index is 1.73. The van der Waals surface area contributed by atoms with Crippen molar-refractivity contribution in [2.75, 3.05) is 5.32 Å². The third-order valence-corrected chi connectivity index (χ3v) is 5.36. The number of ether oxygens (including phenoxy) is 2. The van der Waals surface area contributed by atoms with E-state index in [0.717, 1.165) is 39.3 Å². The quantitative estimate of drug-likeness (QED) is 0.539. The summed E-state index contributed by atoms with van der Waals surface area (Å²) in [4.78, 5) is 0. The Kier molecular flexibility index (Phi) is 3.91. The van der Waals surface area contributed by atoms with Crippen molar-refractivity contribution in [1.82, 2.24) is 0 Å². The molecule has 146 valence electrons. The first-order chi connectivity index (χ1) is 13.9. The van der Waals surface area contributed by atoms with Crippen LogP contribution in [0.25, 0.3) is 16.7 Å². The highest BCUT2D eigenvalue weighted by Gasteiger charge is 2.35. The van der Waals surface area contributed by atoms with Crippen LogP contribution in [0.15, 0.2) is 66.7 Å². The average Bonchev–Trinajstić information content (AvgIpc) is 2.67. The SMILES string of the molecule is CC1=CC(C)(C)Nc2ccc3c(c21)C(Oc1ccccc1)Oc1ccc(F)cc1-3. The predicted octanol–water partition coefficient (Wildman–Crippen LogP) is 6.57. The van der Waals surface area contributed by atoms with Gasteiger partial charge in [0, 0.05) is 16.8 Å². The molecule has 0 saturated heterocycles. The van der Waals surface area contributed by atoms with E-state index in [9.17, 15) is 4.39 Å². The van der Waals surface area contributed by atoms with Crippen molar-refractivity contribution in [1.29, 1.82) is 0 Å². The molecule has 0 aliphatic carbocycles. The van der Waals surface area contributed by atoms with Gasteiger partial charge < -0.3 is 14.8 Å². The summed E-state index contributed by atoms with van der Waals surface area (Å²) < 4.78 is 26.5. The van der Waals surface area contributed by atoms with Crippen LogP contribution in [0.1, 0.15) is 38.2 Å². The lowest BCUT2D eigenvalue weighted by Crippen LogP contribution is -2.33. The largest absolute Gasteiger partial charge is 0.451 e. The Morgan fingerprint density at radius 2 is 1.79 bits per heavy atom.